The van der Waals surface area contributed by atoms with Crippen LogP contribution in [0, 0.1) is 10.1 Å². The van der Waals surface area contributed by atoms with Crippen LogP contribution < -0.4 is 10.6 Å². The first-order valence-electron chi connectivity index (χ1n) is 7.94. The van der Waals surface area contributed by atoms with Crippen molar-refractivity contribution in [3.8, 4) is 0 Å². The Kier molecular flexibility index (Phi) is 6.74. The van der Waals surface area contributed by atoms with Crippen molar-refractivity contribution in [1.29, 1.82) is 0 Å². The molecule has 0 saturated carbocycles. The van der Waals surface area contributed by atoms with Crippen molar-refractivity contribution in [2.45, 2.75) is 18.4 Å². The number of nitro benzene ring substituents is 1. The Balaban J connectivity index is 2.15. The Morgan fingerprint density at radius 1 is 1.12 bits per heavy atom. The summed E-state index contributed by atoms with van der Waals surface area (Å²) < 4.78 is 0. The third kappa shape index (κ3) is 4.82. The number of amides is 2. The number of hydrogen-bond donors (Lipinski definition) is 2. The Morgan fingerprint density at radius 3 is 2.54 bits per heavy atom. The maximum absolute atomic E-state index is 12.4. The Hall–Kier alpha value is -2.87. The first-order chi connectivity index (χ1) is 12.5. The average molecular weight is 373 g/mol. The van der Waals surface area contributed by atoms with Crippen LogP contribution in [0.15, 0.2) is 47.4 Å². The monoisotopic (exact) mass is 373 g/mol. The van der Waals surface area contributed by atoms with Crippen molar-refractivity contribution in [1.82, 2.24) is 10.6 Å². The highest BCUT2D eigenvalue weighted by atomic mass is 32.2. The summed E-state index contributed by atoms with van der Waals surface area (Å²) in [6, 6.07) is 11.3. The van der Waals surface area contributed by atoms with Crippen LogP contribution in [-0.2, 0) is 6.54 Å². The predicted molar refractivity (Wildman–Crippen MR) is 100 cm³/mol. The van der Waals surface area contributed by atoms with E-state index in [4.69, 9.17) is 0 Å². The molecule has 0 atom stereocenters. The average Bonchev–Trinajstić information content (AvgIpc) is 2.65. The van der Waals surface area contributed by atoms with Gasteiger partial charge in [-0.15, -0.1) is 11.8 Å². The summed E-state index contributed by atoms with van der Waals surface area (Å²) in [5, 5.41) is 16.5. The summed E-state index contributed by atoms with van der Waals surface area (Å²) in [4.78, 5) is 35.6. The number of benzene rings is 2. The van der Waals surface area contributed by atoms with Gasteiger partial charge in [0.15, 0.2) is 0 Å². The second-order valence-corrected chi connectivity index (χ2v) is 6.26. The van der Waals surface area contributed by atoms with Crippen molar-refractivity contribution >= 4 is 29.3 Å². The summed E-state index contributed by atoms with van der Waals surface area (Å²) in [7, 11) is 0. The first-order valence-corrected chi connectivity index (χ1v) is 9.16. The third-order valence-electron chi connectivity index (χ3n) is 3.62. The van der Waals surface area contributed by atoms with E-state index in [2.05, 4.69) is 10.6 Å². The van der Waals surface area contributed by atoms with E-state index < -0.39 is 10.8 Å². The highest BCUT2D eigenvalue weighted by Gasteiger charge is 2.20. The molecule has 0 spiro atoms. The van der Waals surface area contributed by atoms with Crippen molar-refractivity contribution in [3.63, 3.8) is 0 Å². The van der Waals surface area contributed by atoms with E-state index in [0.717, 1.165) is 10.5 Å². The van der Waals surface area contributed by atoms with E-state index in [0.29, 0.717) is 12.1 Å². The molecule has 0 aliphatic carbocycles. The van der Waals surface area contributed by atoms with Gasteiger partial charge in [0.25, 0.3) is 17.5 Å². The van der Waals surface area contributed by atoms with E-state index in [1.54, 1.807) is 30.3 Å². The van der Waals surface area contributed by atoms with Gasteiger partial charge in [-0.1, -0.05) is 12.1 Å². The molecule has 0 aliphatic heterocycles. The van der Waals surface area contributed by atoms with Crippen LogP contribution in [0.1, 0.15) is 33.2 Å². The molecule has 2 aromatic carbocycles. The summed E-state index contributed by atoms with van der Waals surface area (Å²) >= 11 is 1.40. The predicted octanol–water partition coefficient (Wildman–Crippen LogP) is 3.00. The lowest BCUT2D eigenvalue weighted by Gasteiger charge is -2.09. The summed E-state index contributed by atoms with van der Waals surface area (Å²) in [5.41, 5.74) is 0.998. The lowest BCUT2D eigenvalue weighted by Crippen LogP contribution is -2.25. The molecule has 7 nitrogen and oxygen atoms in total. The number of nitro groups is 1. The molecule has 2 rings (SSSR count). The molecular formula is C18H19N3O4S. The first kappa shape index (κ1) is 19.5. The molecule has 0 unspecified atom stereocenters. The Morgan fingerprint density at radius 2 is 1.88 bits per heavy atom. The molecule has 2 N–H and O–H groups in total. The maximum Gasteiger partial charge on any atom is 0.282 e. The van der Waals surface area contributed by atoms with Crippen LogP contribution in [0.2, 0.25) is 0 Å². The highest BCUT2D eigenvalue weighted by Crippen LogP contribution is 2.24. The van der Waals surface area contributed by atoms with Crippen LogP contribution in [0.5, 0.6) is 0 Å². The van der Waals surface area contributed by atoms with Crippen LogP contribution in [0.25, 0.3) is 0 Å². The summed E-state index contributed by atoms with van der Waals surface area (Å²) in [5.74, 6) is -0.722. The van der Waals surface area contributed by atoms with Crippen molar-refractivity contribution in [2.75, 3.05) is 12.8 Å². The third-order valence-corrected chi connectivity index (χ3v) is 4.35. The maximum atomic E-state index is 12.4. The van der Waals surface area contributed by atoms with Gasteiger partial charge in [-0.3, -0.25) is 19.7 Å². The number of carbonyl (C=O) groups is 2. The van der Waals surface area contributed by atoms with Gasteiger partial charge >= 0.3 is 0 Å². The second kappa shape index (κ2) is 9.00. The van der Waals surface area contributed by atoms with Crippen molar-refractivity contribution < 1.29 is 14.5 Å². The van der Waals surface area contributed by atoms with E-state index in [-0.39, 0.29) is 23.7 Å². The summed E-state index contributed by atoms with van der Waals surface area (Å²) in [6.45, 7) is 2.51. The van der Waals surface area contributed by atoms with E-state index in [1.807, 2.05) is 13.2 Å². The highest BCUT2D eigenvalue weighted by molar-refractivity contribution is 7.98. The van der Waals surface area contributed by atoms with E-state index in [9.17, 15) is 19.7 Å². The molecular weight excluding hydrogens is 354 g/mol. The van der Waals surface area contributed by atoms with Gasteiger partial charge in [0.1, 0.15) is 5.56 Å². The molecule has 136 valence electrons. The zero-order valence-electron chi connectivity index (χ0n) is 14.4. The molecule has 0 aromatic heterocycles. The fraction of sp³-hybridized carbons (Fsp3) is 0.222. The van der Waals surface area contributed by atoms with Gasteiger partial charge in [-0.25, -0.2) is 0 Å². The molecule has 0 aliphatic rings. The lowest BCUT2D eigenvalue weighted by atomic mass is 10.1. The SMILES string of the molecule is CCNC(=O)c1cccc(CNC(=O)c2cc(SC)ccc2[N+](=O)[O-])c1. The lowest BCUT2D eigenvalue weighted by molar-refractivity contribution is -0.385. The minimum absolute atomic E-state index is 0.0155. The summed E-state index contributed by atoms with van der Waals surface area (Å²) in [6.07, 6.45) is 1.83. The topological polar surface area (TPSA) is 101 Å². The minimum Gasteiger partial charge on any atom is -0.352 e. The van der Waals surface area contributed by atoms with Gasteiger partial charge < -0.3 is 10.6 Å². The number of rotatable bonds is 7. The van der Waals surface area contributed by atoms with Gasteiger partial charge in [0.05, 0.1) is 4.92 Å². The fourth-order valence-corrected chi connectivity index (χ4v) is 2.79. The molecule has 0 heterocycles. The van der Waals surface area contributed by atoms with E-state index >= 15 is 0 Å². The minimum atomic E-state index is -0.575. The largest absolute Gasteiger partial charge is 0.352 e. The molecule has 2 aromatic rings. The zero-order valence-corrected chi connectivity index (χ0v) is 15.3. The van der Waals surface area contributed by atoms with Crippen LogP contribution in [0.3, 0.4) is 0 Å². The van der Waals surface area contributed by atoms with Crippen LogP contribution >= 0.6 is 11.8 Å². The number of nitrogens with zero attached hydrogens (tertiary/aromatic N) is 1. The zero-order chi connectivity index (χ0) is 19.1. The molecule has 8 heteroatoms. The number of nitrogens with one attached hydrogen (secondary N) is 2. The quantitative estimate of drug-likeness (QED) is 0.441. The molecule has 0 saturated heterocycles. The van der Waals surface area contributed by atoms with Gasteiger partial charge in [-0.2, -0.15) is 0 Å². The van der Waals surface area contributed by atoms with Crippen molar-refractivity contribution in [2.24, 2.45) is 0 Å². The smallest absolute Gasteiger partial charge is 0.282 e. The van der Waals surface area contributed by atoms with Gasteiger partial charge in [0, 0.05) is 29.6 Å². The molecule has 0 bridgehead atoms. The number of carbonyl (C=O) groups excluding carboxylic acids is 2. The second-order valence-electron chi connectivity index (χ2n) is 5.38. The standard InChI is InChI=1S/C18H19N3O4S/c1-3-19-17(22)13-6-4-5-12(9-13)11-20-18(23)15-10-14(26-2)7-8-16(15)21(24)25/h4-10H,3,11H2,1-2H3,(H,19,22)(H,20,23). The normalized spacial score (nSPS) is 10.2. The van der Waals surface area contributed by atoms with Crippen LogP contribution in [0.4, 0.5) is 5.69 Å². The van der Waals surface area contributed by atoms with E-state index in [1.165, 1.54) is 23.9 Å². The Bertz CT molecular complexity index is 839. The number of hydrogen-bond acceptors (Lipinski definition) is 5. The molecule has 2 amide bonds. The van der Waals surface area contributed by atoms with Gasteiger partial charge in [0.2, 0.25) is 0 Å². The molecule has 26 heavy (non-hydrogen) atoms. The van der Waals surface area contributed by atoms with Crippen molar-refractivity contribution in [3.05, 3.63) is 69.3 Å². The van der Waals surface area contributed by atoms with Crippen LogP contribution in [-0.4, -0.2) is 29.5 Å². The fourth-order valence-electron chi connectivity index (χ4n) is 2.35. The molecule has 0 radical (unpaired) electrons. The molecule has 0 fully saturated rings. The van der Waals surface area contributed by atoms with Gasteiger partial charge in [-0.05, 0) is 43.0 Å². The number of thioether (sulfide) groups is 1. The Labute approximate surface area is 155 Å².